The Morgan fingerprint density at radius 3 is 2.62 bits per heavy atom. The summed E-state index contributed by atoms with van der Waals surface area (Å²) in [5.41, 5.74) is 3.75. The van der Waals surface area contributed by atoms with Crippen LogP contribution in [0.3, 0.4) is 0 Å². The van der Waals surface area contributed by atoms with Crippen LogP contribution in [0.2, 0.25) is 0 Å². The van der Waals surface area contributed by atoms with Crippen molar-refractivity contribution in [1.82, 2.24) is 4.90 Å². The van der Waals surface area contributed by atoms with E-state index in [4.69, 9.17) is 4.74 Å². The molecular formula is C27H26FNO3. The van der Waals surface area contributed by atoms with E-state index in [0.717, 1.165) is 32.5 Å². The quantitative estimate of drug-likeness (QED) is 0.301. The molecule has 4 nitrogen and oxygen atoms in total. The van der Waals surface area contributed by atoms with Gasteiger partial charge in [-0.1, -0.05) is 42.5 Å². The molecule has 32 heavy (non-hydrogen) atoms. The number of ketones is 1. The molecule has 0 amide bonds. The van der Waals surface area contributed by atoms with E-state index < -0.39 is 0 Å². The van der Waals surface area contributed by atoms with Crippen molar-refractivity contribution < 1.29 is 19.0 Å². The average Bonchev–Trinajstić information content (AvgIpc) is 2.81. The summed E-state index contributed by atoms with van der Waals surface area (Å²) in [7, 11) is 0. The standard InChI is InChI=1S/C27H26FNO3/c28-23-9-6-20(7-10-23)8-13-26(30)25-12-11-24(18-27(25)31)32-17-3-15-29-16-14-21-4-1-2-5-22(21)19-29/h1-2,4-13,18,31H,3,14-17,19H2/b13-8+. The normalized spacial score (nSPS) is 13.8. The van der Waals surface area contributed by atoms with Gasteiger partial charge >= 0.3 is 0 Å². The molecule has 3 aromatic rings. The van der Waals surface area contributed by atoms with Crippen LogP contribution < -0.4 is 4.74 Å². The number of halogens is 1. The van der Waals surface area contributed by atoms with Crippen molar-refractivity contribution in [3.05, 3.63) is 101 Å². The Kier molecular flexibility index (Phi) is 6.97. The lowest BCUT2D eigenvalue weighted by molar-refractivity contribution is 0.104. The molecule has 0 aromatic heterocycles. The van der Waals surface area contributed by atoms with E-state index in [2.05, 4.69) is 29.2 Å². The fourth-order valence-electron chi connectivity index (χ4n) is 3.87. The van der Waals surface area contributed by atoms with Gasteiger partial charge in [0.1, 0.15) is 17.3 Å². The van der Waals surface area contributed by atoms with Gasteiger partial charge in [0.05, 0.1) is 12.2 Å². The summed E-state index contributed by atoms with van der Waals surface area (Å²) in [4.78, 5) is 14.8. The van der Waals surface area contributed by atoms with Crippen molar-refractivity contribution in [2.24, 2.45) is 0 Å². The first kappa shape index (κ1) is 21.8. The fourth-order valence-corrected chi connectivity index (χ4v) is 3.87. The van der Waals surface area contributed by atoms with Gasteiger partial charge in [0.25, 0.3) is 0 Å². The molecule has 3 aromatic carbocycles. The number of carbonyl (C=O) groups is 1. The highest BCUT2D eigenvalue weighted by Crippen LogP contribution is 2.25. The zero-order chi connectivity index (χ0) is 22.3. The molecule has 0 atom stereocenters. The molecule has 0 aliphatic carbocycles. The first-order valence-electron chi connectivity index (χ1n) is 10.8. The lowest BCUT2D eigenvalue weighted by Gasteiger charge is -2.28. The number of carbonyl (C=O) groups excluding carboxylic acids is 1. The van der Waals surface area contributed by atoms with E-state index in [1.807, 2.05) is 0 Å². The highest BCUT2D eigenvalue weighted by molar-refractivity contribution is 6.08. The summed E-state index contributed by atoms with van der Waals surface area (Å²) < 4.78 is 18.7. The molecule has 0 fully saturated rings. The largest absolute Gasteiger partial charge is 0.507 e. The van der Waals surface area contributed by atoms with Crippen LogP contribution >= 0.6 is 0 Å². The number of hydrogen-bond acceptors (Lipinski definition) is 4. The van der Waals surface area contributed by atoms with Gasteiger partial charge in [-0.3, -0.25) is 9.69 Å². The Morgan fingerprint density at radius 2 is 1.84 bits per heavy atom. The number of rotatable bonds is 8. The van der Waals surface area contributed by atoms with E-state index in [1.165, 1.54) is 35.4 Å². The van der Waals surface area contributed by atoms with Crippen molar-refractivity contribution in [2.75, 3.05) is 19.7 Å². The number of nitrogens with zero attached hydrogens (tertiary/aromatic N) is 1. The number of phenolic OH excluding ortho intramolecular Hbond substituents is 1. The minimum Gasteiger partial charge on any atom is -0.507 e. The topological polar surface area (TPSA) is 49.8 Å². The monoisotopic (exact) mass is 431 g/mol. The Bertz CT molecular complexity index is 1110. The molecule has 0 saturated carbocycles. The molecule has 1 heterocycles. The summed E-state index contributed by atoms with van der Waals surface area (Å²) in [5.74, 6) is -0.249. The molecule has 1 N–H and O–H groups in total. The van der Waals surface area contributed by atoms with Gasteiger partial charge in [-0.05, 0) is 59.9 Å². The predicted molar refractivity (Wildman–Crippen MR) is 123 cm³/mol. The van der Waals surface area contributed by atoms with Crippen molar-refractivity contribution in [3.8, 4) is 11.5 Å². The third-order valence-corrected chi connectivity index (χ3v) is 5.63. The van der Waals surface area contributed by atoms with Crippen molar-refractivity contribution in [2.45, 2.75) is 19.4 Å². The maximum atomic E-state index is 13.0. The molecule has 1 aliphatic heterocycles. The number of allylic oxidation sites excluding steroid dienone is 1. The fraction of sp³-hybridized carbons (Fsp3) is 0.222. The third kappa shape index (κ3) is 5.62. The maximum Gasteiger partial charge on any atom is 0.189 e. The third-order valence-electron chi connectivity index (χ3n) is 5.63. The molecule has 0 saturated heterocycles. The van der Waals surface area contributed by atoms with Gasteiger partial charge in [0.2, 0.25) is 0 Å². The first-order chi connectivity index (χ1) is 15.6. The van der Waals surface area contributed by atoms with E-state index in [9.17, 15) is 14.3 Å². The molecule has 164 valence electrons. The lowest BCUT2D eigenvalue weighted by atomic mass is 10.00. The number of hydrogen-bond donors (Lipinski definition) is 1. The number of phenols is 1. The summed E-state index contributed by atoms with van der Waals surface area (Å²) in [6, 6.07) is 19.1. The second kappa shape index (κ2) is 10.2. The van der Waals surface area contributed by atoms with Crippen LogP contribution in [0.25, 0.3) is 6.08 Å². The average molecular weight is 432 g/mol. The second-order valence-electron chi connectivity index (χ2n) is 7.92. The lowest BCUT2D eigenvalue weighted by Crippen LogP contribution is -2.31. The smallest absolute Gasteiger partial charge is 0.189 e. The summed E-state index contributed by atoms with van der Waals surface area (Å²) in [5, 5.41) is 10.3. The van der Waals surface area contributed by atoms with Crippen LogP contribution in [0, 0.1) is 5.82 Å². The Hall–Kier alpha value is -3.44. The van der Waals surface area contributed by atoms with Gasteiger partial charge < -0.3 is 9.84 Å². The van der Waals surface area contributed by atoms with E-state index in [0.29, 0.717) is 17.9 Å². The summed E-state index contributed by atoms with van der Waals surface area (Å²) >= 11 is 0. The zero-order valence-electron chi connectivity index (χ0n) is 17.8. The van der Waals surface area contributed by atoms with Crippen LogP contribution in [-0.2, 0) is 13.0 Å². The number of benzene rings is 3. The van der Waals surface area contributed by atoms with E-state index in [-0.39, 0.29) is 22.9 Å². The second-order valence-corrected chi connectivity index (χ2v) is 7.92. The number of ether oxygens (including phenoxy) is 1. The zero-order valence-corrected chi connectivity index (χ0v) is 17.8. The molecule has 0 radical (unpaired) electrons. The van der Waals surface area contributed by atoms with Crippen LogP contribution in [0.5, 0.6) is 11.5 Å². The minimum absolute atomic E-state index is 0.121. The molecule has 0 spiro atoms. The summed E-state index contributed by atoms with van der Waals surface area (Å²) in [6.07, 6.45) is 4.91. The number of aromatic hydroxyl groups is 1. The molecule has 0 unspecified atom stereocenters. The Balaban J connectivity index is 1.25. The van der Waals surface area contributed by atoms with Crippen LogP contribution in [0.4, 0.5) is 4.39 Å². The SMILES string of the molecule is O=C(/C=C/c1ccc(F)cc1)c1ccc(OCCCN2CCc3ccccc3C2)cc1O. The predicted octanol–water partition coefficient (Wildman–Crippen LogP) is 5.25. The molecule has 0 bridgehead atoms. The Morgan fingerprint density at radius 1 is 1.06 bits per heavy atom. The number of fused-ring (bicyclic) bond motifs is 1. The minimum atomic E-state index is -0.331. The maximum absolute atomic E-state index is 13.0. The van der Waals surface area contributed by atoms with Gasteiger partial charge in [0, 0.05) is 25.7 Å². The molecule has 4 rings (SSSR count). The molecule has 5 heteroatoms. The Labute approximate surface area is 187 Å². The van der Waals surface area contributed by atoms with Crippen molar-refractivity contribution >= 4 is 11.9 Å². The van der Waals surface area contributed by atoms with Crippen LogP contribution in [0.1, 0.15) is 33.5 Å². The van der Waals surface area contributed by atoms with Crippen molar-refractivity contribution in [3.63, 3.8) is 0 Å². The highest BCUT2D eigenvalue weighted by Gasteiger charge is 2.15. The first-order valence-corrected chi connectivity index (χ1v) is 10.8. The highest BCUT2D eigenvalue weighted by atomic mass is 19.1. The van der Waals surface area contributed by atoms with Gasteiger partial charge in [-0.2, -0.15) is 0 Å². The van der Waals surface area contributed by atoms with Gasteiger partial charge in [-0.15, -0.1) is 0 Å². The van der Waals surface area contributed by atoms with E-state index >= 15 is 0 Å². The molecule has 1 aliphatic rings. The summed E-state index contributed by atoms with van der Waals surface area (Å²) in [6.45, 7) is 3.51. The van der Waals surface area contributed by atoms with Gasteiger partial charge in [0.15, 0.2) is 5.78 Å². The van der Waals surface area contributed by atoms with Gasteiger partial charge in [-0.25, -0.2) is 4.39 Å². The van der Waals surface area contributed by atoms with Crippen LogP contribution in [-0.4, -0.2) is 35.5 Å². The van der Waals surface area contributed by atoms with E-state index in [1.54, 1.807) is 30.3 Å². The van der Waals surface area contributed by atoms with Crippen molar-refractivity contribution in [1.29, 1.82) is 0 Å². The van der Waals surface area contributed by atoms with Crippen LogP contribution in [0.15, 0.2) is 72.8 Å². The molecular weight excluding hydrogens is 405 g/mol.